The molecule has 2 amide bonds. The van der Waals surface area contributed by atoms with E-state index in [9.17, 15) is 9.59 Å². The molecule has 1 aliphatic rings. The van der Waals surface area contributed by atoms with E-state index in [1.54, 1.807) is 25.3 Å². The summed E-state index contributed by atoms with van der Waals surface area (Å²) < 4.78 is 10.5. The zero-order chi connectivity index (χ0) is 21.7. The van der Waals surface area contributed by atoms with Crippen LogP contribution in [0.4, 0.5) is 0 Å². The van der Waals surface area contributed by atoms with Gasteiger partial charge in [-0.1, -0.05) is 38.1 Å². The summed E-state index contributed by atoms with van der Waals surface area (Å²) in [4.78, 5) is 26.0. The Bertz CT molecular complexity index is 910. The number of amides is 2. The number of carbonyl (C=O) groups excluding carboxylic acids is 2. The topological polar surface area (TPSA) is 76.7 Å². The quantitative estimate of drug-likeness (QED) is 0.731. The predicted octanol–water partition coefficient (Wildman–Crippen LogP) is 3.65. The van der Waals surface area contributed by atoms with Crippen LogP contribution in [0.5, 0.6) is 11.5 Å². The van der Waals surface area contributed by atoms with Crippen LogP contribution in [0.2, 0.25) is 0 Å². The lowest BCUT2D eigenvalue weighted by Gasteiger charge is -2.29. The number of fused-ring (bicyclic) bond motifs is 1. The first-order valence-corrected chi connectivity index (χ1v) is 10.4. The van der Waals surface area contributed by atoms with E-state index in [1.807, 2.05) is 26.0 Å². The first-order valence-electron chi connectivity index (χ1n) is 10.4. The fourth-order valence-corrected chi connectivity index (χ4v) is 3.91. The highest BCUT2D eigenvalue weighted by atomic mass is 16.5. The Balaban J connectivity index is 1.75. The first-order chi connectivity index (χ1) is 14.4. The SMILES string of the molecule is COc1ccc(C(=O)N[C@@H](C(=O)N[C@@H]2CCCc3ccccc32)C(C)C)c(OC)c1. The average molecular weight is 411 g/mol. The number of aryl methyl sites for hydroxylation is 1. The molecule has 6 heteroatoms. The zero-order valence-electron chi connectivity index (χ0n) is 18.0. The molecule has 30 heavy (non-hydrogen) atoms. The molecule has 0 aromatic heterocycles. The summed E-state index contributed by atoms with van der Waals surface area (Å²) in [5.41, 5.74) is 2.81. The maximum absolute atomic E-state index is 13.1. The molecule has 2 atom stereocenters. The predicted molar refractivity (Wildman–Crippen MR) is 116 cm³/mol. The van der Waals surface area contributed by atoms with Gasteiger partial charge in [-0.3, -0.25) is 9.59 Å². The van der Waals surface area contributed by atoms with Crippen LogP contribution in [0, 0.1) is 5.92 Å². The van der Waals surface area contributed by atoms with Gasteiger partial charge < -0.3 is 20.1 Å². The van der Waals surface area contributed by atoms with Crippen LogP contribution in [-0.4, -0.2) is 32.1 Å². The van der Waals surface area contributed by atoms with Gasteiger partial charge in [-0.15, -0.1) is 0 Å². The summed E-state index contributed by atoms with van der Waals surface area (Å²) in [6.45, 7) is 3.84. The number of carbonyl (C=O) groups is 2. The highest BCUT2D eigenvalue weighted by Gasteiger charge is 2.29. The highest BCUT2D eigenvalue weighted by Crippen LogP contribution is 2.30. The molecule has 2 N–H and O–H groups in total. The molecule has 0 heterocycles. The molecule has 0 saturated heterocycles. The van der Waals surface area contributed by atoms with Crippen molar-refractivity contribution in [2.45, 2.75) is 45.2 Å². The van der Waals surface area contributed by atoms with E-state index in [1.165, 1.54) is 18.2 Å². The molecule has 0 spiro atoms. The minimum atomic E-state index is -0.654. The molecule has 0 saturated carbocycles. The molecule has 2 aromatic carbocycles. The van der Waals surface area contributed by atoms with Gasteiger partial charge >= 0.3 is 0 Å². The second-order valence-corrected chi connectivity index (χ2v) is 7.91. The Morgan fingerprint density at radius 1 is 1.07 bits per heavy atom. The van der Waals surface area contributed by atoms with E-state index >= 15 is 0 Å². The molecular formula is C24H30N2O4. The lowest BCUT2D eigenvalue weighted by atomic mass is 9.87. The third kappa shape index (κ3) is 4.75. The number of hydrogen-bond donors (Lipinski definition) is 2. The molecular weight excluding hydrogens is 380 g/mol. The van der Waals surface area contributed by atoms with Gasteiger partial charge in [0.2, 0.25) is 5.91 Å². The largest absolute Gasteiger partial charge is 0.497 e. The van der Waals surface area contributed by atoms with E-state index in [-0.39, 0.29) is 23.8 Å². The van der Waals surface area contributed by atoms with Crippen molar-refractivity contribution < 1.29 is 19.1 Å². The number of rotatable bonds is 7. The Morgan fingerprint density at radius 2 is 1.83 bits per heavy atom. The second kappa shape index (κ2) is 9.65. The molecule has 6 nitrogen and oxygen atoms in total. The third-order valence-corrected chi connectivity index (χ3v) is 5.57. The van der Waals surface area contributed by atoms with Gasteiger partial charge in [0.15, 0.2) is 0 Å². The minimum absolute atomic E-state index is 0.0314. The molecule has 3 rings (SSSR count). The molecule has 0 aliphatic heterocycles. The minimum Gasteiger partial charge on any atom is -0.497 e. The Morgan fingerprint density at radius 3 is 2.53 bits per heavy atom. The number of benzene rings is 2. The summed E-state index contributed by atoms with van der Waals surface area (Å²) in [6, 6.07) is 12.5. The second-order valence-electron chi connectivity index (χ2n) is 7.91. The van der Waals surface area contributed by atoms with Crippen molar-refractivity contribution in [3.05, 3.63) is 59.2 Å². The smallest absolute Gasteiger partial charge is 0.255 e. The van der Waals surface area contributed by atoms with Crippen LogP contribution in [0.15, 0.2) is 42.5 Å². The van der Waals surface area contributed by atoms with Crippen LogP contribution in [0.1, 0.15) is 54.2 Å². The van der Waals surface area contributed by atoms with Gasteiger partial charge in [-0.2, -0.15) is 0 Å². The summed E-state index contributed by atoms with van der Waals surface area (Å²) in [7, 11) is 3.05. The summed E-state index contributed by atoms with van der Waals surface area (Å²) in [6.07, 6.45) is 2.96. The monoisotopic (exact) mass is 410 g/mol. The van der Waals surface area contributed by atoms with Gasteiger partial charge in [0.1, 0.15) is 17.5 Å². The van der Waals surface area contributed by atoms with E-state index in [2.05, 4.69) is 22.8 Å². The number of hydrogen-bond acceptors (Lipinski definition) is 4. The molecule has 0 unspecified atom stereocenters. The highest BCUT2D eigenvalue weighted by molar-refractivity contribution is 6.00. The summed E-state index contributed by atoms with van der Waals surface area (Å²) >= 11 is 0. The van der Waals surface area contributed by atoms with Gasteiger partial charge in [0.05, 0.1) is 25.8 Å². The molecule has 0 radical (unpaired) electrons. The lowest BCUT2D eigenvalue weighted by molar-refractivity contribution is -0.124. The van der Waals surface area contributed by atoms with Crippen molar-refractivity contribution in [3.8, 4) is 11.5 Å². The Labute approximate surface area is 178 Å². The van der Waals surface area contributed by atoms with Crippen LogP contribution in [-0.2, 0) is 11.2 Å². The van der Waals surface area contributed by atoms with Gasteiger partial charge in [-0.25, -0.2) is 0 Å². The van der Waals surface area contributed by atoms with Crippen molar-refractivity contribution in [2.24, 2.45) is 5.92 Å². The molecule has 0 fully saturated rings. The van der Waals surface area contributed by atoms with Crippen molar-refractivity contribution in [1.29, 1.82) is 0 Å². The maximum atomic E-state index is 13.1. The van der Waals surface area contributed by atoms with E-state index in [4.69, 9.17) is 9.47 Å². The fourth-order valence-electron chi connectivity index (χ4n) is 3.91. The Hall–Kier alpha value is -3.02. The van der Waals surface area contributed by atoms with Crippen molar-refractivity contribution in [2.75, 3.05) is 14.2 Å². The first kappa shape index (κ1) is 21.7. The van der Waals surface area contributed by atoms with Crippen LogP contribution >= 0.6 is 0 Å². The molecule has 0 bridgehead atoms. The fraction of sp³-hybridized carbons (Fsp3) is 0.417. The summed E-state index contributed by atoms with van der Waals surface area (Å²) in [5.74, 6) is 0.394. The van der Waals surface area contributed by atoms with Crippen LogP contribution in [0.25, 0.3) is 0 Å². The van der Waals surface area contributed by atoms with E-state index in [0.29, 0.717) is 17.1 Å². The van der Waals surface area contributed by atoms with Crippen molar-refractivity contribution >= 4 is 11.8 Å². The standard InChI is InChI=1S/C24H30N2O4/c1-15(2)22(26-23(27)19-13-12-17(29-3)14-21(19)30-4)24(28)25-20-11-7-9-16-8-5-6-10-18(16)20/h5-6,8,10,12-15,20,22H,7,9,11H2,1-4H3,(H,25,28)(H,26,27)/t20-,22-/m1/s1. The van der Waals surface area contributed by atoms with Crippen LogP contribution in [0.3, 0.4) is 0 Å². The van der Waals surface area contributed by atoms with Gasteiger partial charge in [0.25, 0.3) is 5.91 Å². The summed E-state index contributed by atoms with van der Waals surface area (Å²) in [5, 5.41) is 6.04. The normalized spacial score (nSPS) is 16.4. The average Bonchev–Trinajstić information content (AvgIpc) is 2.76. The Kier molecular flexibility index (Phi) is 6.98. The molecule has 1 aliphatic carbocycles. The number of nitrogens with one attached hydrogen (secondary N) is 2. The van der Waals surface area contributed by atoms with Crippen LogP contribution < -0.4 is 20.1 Å². The number of ether oxygens (including phenoxy) is 2. The van der Waals surface area contributed by atoms with E-state index < -0.39 is 6.04 Å². The van der Waals surface area contributed by atoms with Gasteiger partial charge in [0, 0.05) is 6.07 Å². The van der Waals surface area contributed by atoms with E-state index in [0.717, 1.165) is 19.3 Å². The third-order valence-electron chi connectivity index (χ3n) is 5.57. The molecule has 2 aromatic rings. The van der Waals surface area contributed by atoms with Gasteiger partial charge in [-0.05, 0) is 48.4 Å². The lowest BCUT2D eigenvalue weighted by Crippen LogP contribution is -2.50. The number of methoxy groups -OCH3 is 2. The van der Waals surface area contributed by atoms with Crippen molar-refractivity contribution in [1.82, 2.24) is 10.6 Å². The van der Waals surface area contributed by atoms with Crippen molar-refractivity contribution in [3.63, 3.8) is 0 Å². The maximum Gasteiger partial charge on any atom is 0.255 e. The molecule has 160 valence electrons. The zero-order valence-corrected chi connectivity index (χ0v) is 18.0.